The number of H-pyrrole nitrogens is 1. The quantitative estimate of drug-likeness (QED) is 0.790. The summed E-state index contributed by atoms with van der Waals surface area (Å²) in [4.78, 5) is 21.8. The first-order valence-corrected chi connectivity index (χ1v) is 8.66. The van der Waals surface area contributed by atoms with Crippen molar-refractivity contribution < 1.29 is 9.18 Å². The molecular weight excluding hydrogens is 317 g/mol. The maximum atomic E-state index is 13.8. The van der Waals surface area contributed by atoms with Gasteiger partial charge in [0.05, 0.1) is 5.52 Å². The van der Waals surface area contributed by atoms with E-state index in [0.717, 1.165) is 37.7 Å². The van der Waals surface area contributed by atoms with Crippen molar-refractivity contribution in [2.45, 2.75) is 19.3 Å². The van der Waals surface area contributed by atoms with Gasteiger partial charge in [-0.05, 0) is 48.9 Å². The molecule has 1 aliphatic rings. The third-order valence-electron chi connectivity index (χ3n) is 4.89. The van der Waals surface area contributed by atoms with Crippen molar-refractivity contribution in [1.29, 1.82) is 0 Å². The van der Waals surface area contributed by atoms with Crippen LogP contribution in [0, 0.1) is 11.7 Å². The van der Waals surface area contributed by atoms with Gasteiger partial charge in [-0.15, -0.1) is 0 Å². The average Bonchev–Trinajstić information content (AvgIpc) is 3.08. The van der Waals surface area contributed by atoms with E-state index in [1.807, 2.05) is 23.2 Å². The van der Waals surface area contributed by atoms with Crippen LogP contribution in [0.25, 0.3) is 10.9 Å². The minimum Gasteiger partial charge on any atom is -0.348 e. The van der Waals surface area contributed by atoms with Gasteiger partial charge in [0.1, 0.15) is 11.5 Å². The summed E-state index contributed by atoms with van der Waals surface area (Å²) in [6.45, 7) is 1.48. The summed E-state index contributed by atoms with van der Waals surface area (Å²) in [6.07, 6.45) is 6.70. The lowest BCUT2D eigenvalue weighted by Gasteiger charge is -2.32. The number of pyridine rings is 1. The van der Waals surface area contributed by atoms with E-state index in [4.69, 9.17) is 0 Å². The number of rotatable bonds is 3. The number of amides is 1. The predicted octanol–water partition coefficient (Wildman–Crippen LogP) is 3.80. The Balaban J connectivity index is 1.50. The van der Waals surface area contributed by atoms with Crippen LogP contribution in [0.5, 0.6) is 0 Å². The Morgan fingerprint density at radius 1 is 1.32 bits per heavy atom. The minimum atomic E-state index is -0.329. The molecule has 5 heteroatoms. The zero-order chi connectivity index (χ0) is 17.2. The highest BCUT2D eigenvalue weighted by Crippen LogP contribution is 2.24. The second kappa shape index (κ2) is 6.67. The second-order valence-corrected chi connectivity index (χ2v) is 6.71. The lowest BCUT2D eigenvalue weighted by atomic mass is 9.92. The normalized spacial score (nSPS) is 17.8. The van der Waals surface area contributed by atoms with Crippen molar-refractivity contribution in [1.82, 2.24) is 14.9 Å². The van der Waals surface area contributed by atoms with Gasteiger partial charge in [0.2, 0.25) is 0 Å². The predicted molar refractivity (Wildman–Crippen MR) is 94.8 cm³/mol. The first kappa shape index (κ1) is 15.8. The molecule has 1 N–H and O–H groups in total. The smallest absolute Gasteiger partial charge is 0.270 e. The zero-order valence-corrected chi connectivity index (χ0v) is 13.9. The fraction of sp³-hybridized carbons (Fsp3) is 0.300. The van der Waals surface area contributed by atoms with Crippen LogP contribution in [0.15, 0.2) is 48.8 Å². The van der Waals surface area contributed by atoms with Gasteiger partial charge in [0.15, 0.2) is 0 Å². The van der Waals surface area contributed by atoms with Crippen molar-refractivity contribution in [3.63, 3.8) is 0 Å². The number of aromatic amines is 1. The summed E-state index contributed by atoms with van der Waals surface area (Å²) in [7, 11) is 0. The summed E-state index contributed by atoms with van der Waals surface area (Å²) < 4.78 is 13.8. The molecule has 1 fully saturated rings. The number of para-hydroxylation sites is 1. The molecule has 0 aliphatic carbocycles. The van der Waals surface area contributed by atoms with E-state index in [1.165, 1.54) is 11.6 Å². The monoisotopic (exact) mass is 337 g/mol. The first-order chi connectivity index (χ1) is 12.2. The number of piperidine rings is 1. The van der Waals surface area contributed by atoms with Gasteiger partial charge in [-0.25, -0.2) is 4.39 Å². The second-order valence-electron chi connectivity index (χ2n) is 6.71. The highest BCUT2D eigenvalue weighted by molar-refractivity contribution is 5.98. The summed E-state index contributed by atoms with van der Waals surface area (Å²) in [5.41, 5.74) is 2.06. The number of carbonyl (C=O) groups excluding carboxylic acids is 1. The van der Waals surface area contributed by atoms with Crippen LogP contribution in [-0.4, -0.2) is 33.9 Å². The van der Waals surface area contributed by atoms with Gasteiger partial charge in [0, 0.05) is 30.9 Å². The standard InChI is InChI=1S/C20H20FN3O/c21-17-7-1-6-16-11-18(23-19(16)17)20(25)24-9-3-5-15(13-24)10-14-4-2-8-22-12-14/h1-2,4,6-8,11-12,15,23H,3,5,9-10,13H2/t15-/m0/s1. The van der Waals surface area contributed by atoms with Crippen LogP contribution < -0.4 is 0 Å². The number of nitrogens with zero attached hydrogens (tertiary/aromatic N) is 2. The molecule has 4 rings (SSSR count). The van der Waals surface area contributed by atoms with E-state index in [0.29, 0.717) is 17.1 Å². The van der Waals surface area contributed by atoms with Crippen molar-refractivity contribution in [3.8, 4) is 0 Å². The molecule has 128 valence electrons. The third-order valence-corrected chi connectivity index (χ3v) is 4.89. The number of benzene rings is 1. The molecule has 0 saturated carbocycles. The lowest BCUT2D eigenvalue weighted by Crippen LogP contribution is -2.40. The lowest BCUT2D eigenvalue weighted by molar-refractivity contribution is 0.0668. The van der Waals surface area contributed by atoms with Crippen LogP contribution in [0.4, 0.5) is 4.39 Å². The number of aromatic nitrogens is 2. The van der Waals surface area contributed by atoms with Crippen molar-refractivity contribution >= 4 is 16.8 Å². The molecule has 1 atom stereocenters. The highest BCUT2D eigenvalue weighted by Gasteiger charge is 2.25. The molecule has 1 amide bonds. The van der Waals surface area contributed by atoms with Crippen molar-refractivity contribution in [2.75, 3.05) is 13.1 Å². The molecule has 0 bridgehead atoms. The molecule has 3 heterocycles. The van der Waals surface area contributed by atoms with Gasteiger partial charge < -0.3 is 9.88 Å². The van der Waals surface area contributed by atoms with Crippen LogP contribution in [0.2, 0.25) is 0 Å². The van der Waals surface area contributed by atoms with E-state index >= 15 is 0 Å². The molecule has 0 spiro atoms. The van der Waals surface area contributed by atoms with Gasteiger partial charge in [-0.1, -0.05) is 18.2 Å². The molecule has 0 unspecified atom stereocenters. The summed E-state index contributed by atoms with van der Waals surface area (Å²) in [5.74, 6) is 0.0548. The van der Waals surface area contributed by atoms with Crippen molar-refractivity contribution in [3.05, 3.63) is 65.9 Å². The Bertz CT molecular complexity index is 890. The molecule has 1 aliphatic heterocycles. The first-order valence-electron chi connectivity index (χ1n) is 8.66. The van der Waals surface area contributed by atoms with Crippen molar-refractivity contribution in [2.24, 2.45) is 5.92 Å². The largest absolute Gasteiger partial charge is 0.348 e. The Morgan fingerprint density at radius 3 is 3.04 bits per heavy atom. The third kappa shape index (κ3) is 3.27. The van der Waals surface area contributed by atoms with E-state index in [1.54, 1.807) is 18.3 Å². The summed E-state index contributed by atoms with van der Waals surface area (Å²) in [5, 5.41) is 0.729. The summed E-state index contributed by atoms with van der Waals surface area (Å²) in [6, 6.07) is 10.6. The van der Waals surface area contributed by atoms with Crippen LogP contribution in [0.3, 0.4) is 0 Å². The van der Waals surface area contributed by atoms with Gasteiger partial charge in [-0.2, -0.15) is 0 Å². The fourth-order valence-corrected chi connectivity index (χ4v) is 3.67. The molecule has 1 aromatic carbocycles. The Hall–Kier alpha value is -2.69. The number of fused-ring (bicyclic) bond motifs is 1. The van der Waals surface area contributed by atoms with E-state index in [-0.39, 0.29) is 11.7 Å². The zero-order valence-electron chi connectivity index (χ0n) is 13.9. The molecule has 0 radical (unpaired) electrons. The Morgan fingerprint density at radius 2 is 2.24 bits per heavy atom. The van der Waals surface area contributed by atoms with E-state index < -0.39 is 0 Å². The average molecular weight is 337 g/mol. The molecule has 2 aromatic heterocycles. The molecular formula is C20H20FN3O. The topological polar surface area (TPSA) is 49.0 Å². The van der Waals surface area contributed by atoms with Gasteiger partial charge in [-0.3, -0.25) is 9.78 Å². The van der Waals surface area contributed by atoms with Crippen LogP contribution in [-0.2, 0) is 6.42 Å². The van der Waals surface area contributed by atoms with Crippen LogP contribution >= 0.6 is 0 Å². The fourth-order valence-electron chi connectivity index (χ4n) is 3.67. The van der Waals surface area contributed by atoms with Gasteiger partial charge in [0.25, 0.3) is 5.91 Å². The van der Waals surface area contributed by atoms with Gasteiger partial charge >= 0.3 is 0 Å². The van der Waals surface area contributed by atoms with E-state index in [9.17, 15) is 9.18 Å². The molecule has 25 heavy (non-hydrogen) atoms. The maximum absolute atomic E-state index is 13.8. The Kier molecular flexibility index (Phi) is 4.22. The van der Waals surface area contributed by atoms with Crippen LogP contribution in [0.1, 0.15) is 28.9 Å². The number of hydrogen-bond acceptors (Lipinski definition) is 2. The molecule has 3 aromatic rings. The maximum Gasteiger partial charge on any atom is 0.270 e. The highest BCUT2D eigenvalue weighted by atomic mass is 19.1. The number of halogens is 1. The summed E-state index contributed by atoms with van der Waals surface area (Å²) >= 11 is 0. The molecule has 4 nitrogen and oxygen atoms in total. The number of hydrogen-bond donors (Lipinski definition) is 1. The number of carbonyl (C=O) groups is 1. The number of nitrogens with one attached hydrogen (secondary N) is 1. The van der Waals surface area contributed by atoms with E-state index in [2.05, 4.69) is 16.0 Å². The number of likely N-dealkylation sites (tertiary alicyclic amines) is 1. The molecule has 1 saturated heterocycles. The Labute approximate surface area is 145 Å². The minimum absolute atomic E-state index is 0.0495. The SMILES string of the molecule is O=C(c1cc2cccc(F)c2[nH]1)N1CCC[C@@H](Cc2cccnc2)C1.